The van der Waals surface area contributed by atoms with E-state index < -0.39 is 11.7 Å². The molecule has 1 unspecified atom stereocenters. The summed E-state index contributed by atoms with van der Waals surface area (Å²) in [5.74, 6) is 0.440. The molecule has 1 aliphatic heterocycles. The number of benzene rings is 1. The number of alkyl halides is 3. The Bertz CT molecular complexity index is 738. The SMILES string of the molecule is O=C(Nc1ccc(C(F)(F)F)cc1)N1CCCC(Oc2ccncn2)C1. The molecule has 0 radical (unpaired) electrons. The van der Waals surface area contributed by atoms with E-state index in [0.717, 1.165) is 25.0 Å². The first-order valence-corrected chi connectivity index (χ1v) is 8.08. The molecule has 1 fully saturated rings. The molecular formula is C17H17F3N4O2. The molecule has 0 spiro atoms. The van der Waals surface area contributed by atoms with Gasteiger partial charge in [-0.05, 0) is 37.1 Å². The standard InChI is InChI=1S/C17H17F3N4O2/c18-17(19,20)12-3-5-13(6-4-12)23-16(25)24-9-1-2-14(10-24)26-15-7-8-21-11-22-15/h3-8,11,14H,1-2,9-10H2,(H,23,25). The molecule has 0 bridgehead atoms. The third kappa shape index (κ3) is 4.62. The Labute approximate surface area is 148 Å². The molecule has 1 N–H and O–H groups in total. The van der Waals surface area contributed by atoms with E-state index in [0.29, 0.717) is 24.7 Å². The van der Waals surface area contributed by atoms with Crippen molar-refractivity contribution in [3.8, 4) is 5.88 Å². The number of carbonyl (C=O) groups excluding carboxylic acids is 1. The zero-order valence-corrected chi connectivity index (χ0v) is 13.7. The second-order valence-electron chi connectivity index (χ2n) is 5.88. The maximum atomic E-state index is 12.6. The average molecular weight is 366 g/mol. The minimum atomic E-state index is -4.40. The van der Waals surface area contributed by atoms with E-state index in [9.17, 15) is 18.0 Å². The van der Waals surface area contributed by atoms with Gasteiger partial charge in [-0.3, -0.25) is 0 Å². The molecule has 3 rings (SSSR count). The van der Waals surface area contributed by atoms with Gasteiger partial charge in [0.25, 0.3) is 0 Å². The van der Waals surface area contributed by atoms with Gasteiger partial charge in [0, 0.05) is 24.5 Å². The summed E-state index contributed by atoms with van der Waals surface area (Å²) in [7, 11) is 0. The number of aromatic nitrogens is 2. The highest BCUT2D eigenvalue weighted by Gasteiger charge is 2.30. The number of carbonyl (C=O) groups is 1. The van der Waals surface area contributed by atoms with Gasteiger partial charge in [0.1, 0.15) is 12.4 Å². The van der Waals surface area contributed by atoms with E-state index in [1.807, 2.05) is 0 Å². The van der Waals surface area contributed by atoms with Crippen molar-refractivity contribution in [3.63, 3.8) is 0 Å². The zero-order chi connectivity index (χ0) is 18.6. The molecule has 1 aromatic carbocycles. The van der Waals surface area contributed by atoms with Crippen molar-refractivity contribution in [2.24, 2.45) is 0 Å². The highest BCUT2D eigenvalue weighted by Crippen LogP contribution is 2.30. The Balaban J connectivity index is 1.57. The summed E-state index contributed by atoms with van der Waals surface area (Å²) in [6.07, 6.45) is -0.101. The monoisotopic (exact) mass is 366 g/mol. The lowest BCUT2D eigenvalue weighted by Gasteiger charge is -2.32. The van der Waals surface area contributed by atoms with Gasteiger partial charge in [-0.2, -0.15) is 13.2 Å². The second-order valence-corrected chi connectivity index (χ2v) is 5.88. The second kappa shape index (κ2) is 7.59. The van der Waals surface area contributed by atoms with Crippen molar-refractivity contribution in [1.29, 1.82) is 0 Å². The van der Waals surface area contributed by atoms with Gasteiger partial charge in [0.2, 0.25) is 5.88 Å². The van der Waals surface area contributed by atoms with Gasteiger partial charge in [0.05, 0.1) is 12.1 Å². The van der Waals surface area contributed by atoms with Gasteiger partial charge in [-0.15, -0.1) is 0 Å². The number of anilines is 1. The fourth-order valence-electron chi connectivity index (χ4n) is 2.68. The molecule has 1 aliphatic rings. The smallest absolute Gasteiger partial charge is 0.416 e. The minimum absolute atomic E-state index is 0.197. The van der Waals surface area contributed by atoms with Gasteiger partial charge in [0.15, 0.2) is 0 Å². The van der Waals surface area contributed by atoms with Crippen molar-refractivity contribution >= 4 is 11.7 Å². The highest BCUT2D eigenvalue weighted by molar-refractivity contribution is 5.89. The third-order valence-electron chi connectivity index (χ3n) is 3.97. The first-order chi connectivity index (χ1) is 12.4. The number of rotatable bonds is 3. The van der Waals surface area contributed by atoms with Crippen LogP contribution in [0.4, 0.5) is 23.7 Å². The highest BCUT2D eigenvalue weighted by atomic mass is 19.4. The number of nitrogens with zero attached hydrogens (tertiary/aromatic N) is 3. The van der Waals surface area contributed by atoms with Gasteiger partial charge >= 0.3 is 12.2 Å². The van der Waals surface area contributed by atoms with Crippen LogP contribution in [0, 0.1) is 0 Å². The van der Waals surface area contributed by atoms with Crippen LogP contribution in [0.15, 0.2) is 42.9 Å². The van der Waals surface area contributed by atoms with Crippen LogP contribution in [0.2, 0.25) is 0 Å². The maximum Gasteiger partial charge on any atom is 0.416 e. The number of halogens is 3. The van der Waals surface area contributed by atoms with Crippen LogP contribution in [0.1, 0.15) is 18.4 Å². The Morgan fingerprint density at radius 3 is 2.65 bits per heavy atom. The summed E-state index contributed by atoms with van der Waals surface area (Å²) in [5, 5.41) is 2.61. The van der Waals surface area contributed by atoms with E-state index in [4.69, 9.17) is 4.74 Å². The Hall–Kier alpha value is -2.84. The molecule has 1 saturated heterocycles. The van der Waals surface area contributed by atoms with Crippen molar-refractivity contribution in [2.75, 3.05) is 18.4 Å². The van der Waals surface area contributed by atoms with Gasteiger partial charge < -0.3 is 15.0 Å². The van der Waals surface area contributed by atoms with Gasteiger partial charge in [-0.25, -0.2) is 14.8 Å². The van der Waals surface area contributed by atoms with E-state index >= 15 is 0 Å². The third-order valence-corrected chi connectivity index (χ3v) is 3.97. The first-order valence-electron chi connectivity index (χ1n) is 8.08. The molecule has 26 heavy (non-hydrogen) atoms. The Morgan fingerprint density at radius 2 is 2.00 bits per heavy atom. The molecule has 6 nitrogen and oxygen atoms in total. The lowest BCUT2D eigenvalue weighted by Crippen LogP contribution is -2.46. The topological polar surface area (TPSA) is 67.4 Å². The van der Waals surface area contributed by atoms with Crippen LogP contribution in [0.5, 0.6) is 5.88 Å². The maximum absolute atomic E-state index is 12.6. The minimum Gasteiger partial charge on any atom is -0.472 e. The van der Waals surface area contributed by atoms with Crippen molar-refractivity contribution in [2.45, 2.75) is 25.1 Å². The summed E-state index contributed by atoms with van der Waals surface area (Å²) in [4.78, 5) is 21.7. The fraction of sp³-hybridized carbons (Fsp3) is 0.353. The number of nitrogens with one attached hydrogen (secondary N) is 1. The Morgan fingerprint density at radius 1 is 1.23 bits per heavy atom. The zero-order valence-electron chi connectivity index (χ0n) is 13.7. The molecule has 2 heterocycles. The molecule has 2 aromatic rings. The summed E-state index contributed by atoms with van der Waals surface area (Å²) >= 11 is 0. The van der Waals surface area contributed by atoms with Crippen LogP contribution in [0.3, 0.4) is 0 Å². The molecule has 138 valence electrons. The lowest BCUT2D eigenvalue weighted by atomic mass is 10.1. The predicted molar refractivity (Wildman–Crippen MR) is 87.7 cm³/mol. The molecule has 1 aromatic heterocycles. The van der Waals surface area contributed by atoms with E-state index in [2.05, 4.69) is 15.3 Å². The fourth-order valence-corrected chi connectivity index (χ4v) is 2.68. The van der Waals surface area contributed by atoms with E-state index in [-0.39, 0.29) is 12.1 Å². The van der Waals surface area contributed by atoms with Crippen LogP contribution in [-0.4, -0.2) is 40.1 Å². The number of urea groups is 1. The Kier molecular flexibility index (Phi) is 5.24. The first kappa shape index (κ1) is 18.0. The van der Waals surface area contributed by atoms with Crippen molar-refractivity contribution in [3.05, 3.63) is 48.4 Å². The molecule has 2 amide bonds. The quantitative estimate of drug-likeness (QED) is 0.902. The van der Waals surface area contributed by atoms with E-state index in [1.54, 1.807) is 17.2 Å². The molecule has 0 aliphatic carbocycles. The number of likely N-dealkylation sites (tertiary alicyclic amines) is 1. The molecular weight excluding hydrogens is 349 g/mol. The summed E-state index contributed by atoms with van der Waals surface area (Å²) in [6, 6.07) is 5.61. The van der Waals surface area contributed by atoms with Crippen LogP contribution >= 0.6 is 0 Å². The number of piperidine rings is 1. The molecule has 1 atom stereocenters. The molecule has 0 saturated carbocycles. The summed E-state index contributed by atoms with van der Waals surface area (Å²) < 4.78 is 43.5. The predicted octanol–water partition coefficient (Wildman–Crippen LogP) is 3.57. The summed E-state index contributed by atoms with van der Waals surface area (Å²) in [5.41, 5.74) is -0.450. The number of hydrogen-bond acceptors (Lipinski definition) is 4. The van der Waals surface area contributed by atoms with Crippen molar-refractivity contribution in [1.82, 2.24) is 14.9 Å². The number of amides is 2. The van der Waals surface area contributed by atoms with Crippen LogP contribution in [-0.2, 0) is 6.18 Å². The number of hydrogen-bond donors (Lipinski definition) is 1. The van der Waals surface area contributed by atoms with E-state index in [1.165, 1.54) is 18.5 Å². The average Bonchev–Trinajstić information content (AvgIpc) is 2.62. The van der Waals surface area contributed by atoms with Crippen molar-refractivity contribution < 1.29 is 22.7 Å². The lowest BCUT2D eigenvalue weighted by molar-refractivity contribution is -0.137. The largest absolute Gasteiger partial charge is 0.472 e. The van der Waals surface area contributed by atoms with Crippen LogP contribution < -0.4 is 10.1 Å². The normalized spacial score (nSPS) is 17.7. The summed E-state index contributed by atoms with van der Waals surface area (Å²) in [6.45, 7) is 0.923. The van der Waals surface area contributed by atoms with Gasteiger partial charge in [-0.1, -0.05) is 0 Å². The van der Waals surface area contributed by atoms with Crippen LogP contribution in [0.25, 0.3) is 0 Å². The molecule has 9 heteroatoms. The number of ether oxygens (including phenoxy) is 1.